The molecule has 1 heterocycles. The molecule has 0 radical (unpaired) electrons. The summed E-state index contributed by atoms with van der Waals surface area (Å²) in [5.41, 5.74) is -1.55. The van der Waals surface area contributed by atoms with Crippen molar-refractivity contribution in [3.63, 3.8) is 0 Å². The fourth-order valence-corrected chi connectivity index (χ4v) is 1.53. The highest BCUT2D eigenvalue weighted by molar-refractivity contribution is 5.88. The van der Waals surface area contributed by atoms with Crippen LogP contribution in [0.2, 0.25) is 0 Å². The quantitative estimate of drug-likeness (QED) is 0.878. The minimum Gasteiger partial charge on any atom is -0.477 e. The van der Waals surface area contributed by atoms with Crippen molar-refractivity contribution in [2.45, 2.75) is 5.92 Å². The van der Waals surface area contributed by atoms with Gasteiger partial charge in [0, 0.05) is 11.6 Å². The van der Waals surface area contributed by atoms with Crippen molar-refractivity contribution >= 4 is 16.9 Å². The molecule has 88 valence electrons. The second kappa shape index (κ2) is 3.73. The van der Waals surface area contributed by atoms with Crippen molar-refractivity contribution in [1.29, 1.82) is 0 Å². The number of carboxylic acid groups (broad SMARTS) is 1. The molecule has 2 aromatic rings. The van der Waals surface area contributed by atoms with Crippen LogP contribution in [0.1, 0.15) is 5.56 Å². The van der Waals surface area contributed by atoms with Crippen molar-refractivity contribution < 1.29 is 23.1 Å². The van der Waals surface area contributed by atoms with Gasteiger partial charge in [-0.05, 0) is 18.2 Å². The zero-order chi connectivity index (χ0) is 12.6. The van der Waals surface area contributed by atoms with E-state index in [1.165, 1.54) is 24.4 Å². The van der Waals surface area contributed by atoms with Gasteiger partial charge in [0.15, 0.2) is 0 Å². The van der Waals surface area contributed by atoms with E-state index < -0.39 is 23.3 Å². The summed E-state index contributed by atoms with van der Waals surface area (Å²) in [6, 6.07) is 5.00. The van der Waals surface area contributed by atoms with Crippen LogP contribution in [0.3, 0.4) is 0 Å². The van der Waals surface area contributed by atoms with E-state index in [-0.39, 0.29) is 10.9 Å². The maximum atomic E-state index is 13.4. The summed E-state index contributed by atoms with van der Waals surface area (Å²) in [6.07, 6.45) is 1.20. The molecule has 0 saturated carbocycles. The predicted molar refractivity (Wildman–Crippen MR) is 53.2 cm³/mol. The van der Waals surface area contributed by atoms with E-state index in [0.29, 0.717) is 0 Å². The van der Waals surface area contributed by atoms with Gasteiger partial charge in [0.25, 0.3) is 0 Å². The van der Waals surface area contributed by atoms with Gasteiger partial charge in [-0.2, -0.15) is 8.78 Å². The topological polar surface area (TPSA) is 50.2 Å². The number of benzene rings is 1. The summed E-state index contributed by atoms with van der Waals surface area (Å²) in [4.78, 5) is 14.1. The average molecular weight is 241 g/mol. The number of pyridine rings is 1. The molecule has 0 spiro atoms. The first-order valence-corrected chi connectivity index (χ1v) is 4.59. The van der Waals surface area contributed by atoms with Gasteiger partial charge in [-0.25, -0.2) is 9.18 Å². The molecule has 17 heavy (non-hydrogen) atoms. The number of carbonyl (C=O) groups is 1. The molecule has 2 rings (SSSR count). The molecule has 1 N–H and O–H groups in total. The Morgan fingerprint density at radius 2 is 2.00 bits per heavy atom. The third-order valence-electron chi connectivity index (χ3n) is 2.31. The fraction of sp³-hybridized carbons (Fsp3) is 0.0909. The van der Waals surface area contributed by atoms with E-state index in [2.05, 4.69) is 4.98 Å². The van der Waals surface area contributed by atoms with Gasteiger partial charge >= 0.3 is 11.9 Å². The summed E-state index contributed by atoms with van der Waals surface area (Å²) in [7, 11) is 0. The zero-order valence-corrected chi connectivity index (χ0v) is 8.32. The summed E-state index contributed by atoms with van der Waals surface area (Å²) in [6.45, 7) is 0. The van der Waals surface area contributed by atoms with Crippen LogP contribution in [-0.2, 0) is 10.7 Å². The van der Waals surface area contributed by atoms with Crippen LogP contribution in [0.15, 0.2) is 30.5 Å². The predicted octanol–water partition coefficient (Wildman–Crippen LogP) is 2.55. The molecular weight excluding hydrogens is 235 g/mol. The van der Waals surface area contributed by atoms with Crippen LogP contribution in [0, 0.1) is 5.82 Å². The number of aliphatic carboxylic acids is 1. The highest BCUT2D eigenvalue weighted by Crippen LogP contribution is 2.34. The molecule has 1 aromatic heterocycles. The first-order chi connectivity index (χ1) is 7.94. The maximum Gasteiger partial charge on any atom is 0.379 e. The number of aromatic nitrogens is 1. The Morgan fingerprint density at radius 3 is 2.65 bits per heavy atom. The van der Waals surface area contributed by atoms with E-state index in [1.807, 2.05) is 0 Å². The van der Waals surface area contributed by atoms with Crippen LogP contribution in [0.4, 0.5) is 13.2 Å². The van der Waals surface area contributed by atoms with Gasteiger partial charge in [0.05, 0.1) is 11.1 Å². The number of carboxylic acids is 1. The van der Waals surface area contributed by atoms with E-state index in [9.17, 15) is 18.0 Å². The van der Waals surface area contributed by atoms with E-state index in [1.54, 1.807) is 0 Å². The van der Waals surface area contributed by atoms with Gasteiger partial charge < -0.3 is 5.11 Å². The molecule has 0 unspecified atom stereocenters. The lowest BCUT2D eigenvalue weighted by Crippen LogP contribution is -2.27. The molecule has 0 fully saturated rings. The summed E-state index contributed by atoms with van der Waals surface area (Å²) >= 11 is 0. The summed E-state index contributed by atoms with van der Waals surface area (Å²) in [5, 5.41) is 8.69. The highest BCUT2D eigenvalue weighted by atomic mass is 19.3. The van der Waals surface area contributed by atoms with Crippen molar-refractivity contribution in [3.8, 4) is 0 Å². The summed E-state index contributed by atoms with van der Waals surface area (Å²) in [5.74, 6) is -8.00. The number of halogens is 3. The zero-order valence-electron chi connectivity index (χ0n) is 8.32. The van der Waals surface area contributed by atoms with Gasteiger partial charge in [0.1, 0.15) is 5.82 Å². The Labute approximate surface area is 93.5 Å². The minimum atomic E-state index is -4.31. The smallest absolute Gasteiger partial charge is 0.379 e. The van der Waals surface area contributed by atoms with Crippen LogP contribution in [0.25, 0.3) is 10.9 Å². The Morgan fingerprint density at radius 1 is 1.29 bits per heavy atom. The first kappa shape index (κ1) is 11.4. The van der Waals surface area contributed by atoms with Crippen molar-refractivity contribution in [1.82, 2.24) is 4.98 Å². The molecule has 1 aromatic carbocycles. The number of hydrogen-bond acceptors (Lipinski definition) is 2. The van der Waals surface area contributed by atoms with Crippen LogP contribution in [0.5, 0.6) is 0 Å². The van der Waals surface area contributed by atoms with Gasteiger partial charge in [-0.1, -0.05) is 6.07 Å². The van der Waals surface area contributed by atoms with Gasteiger partial charge in [-0.15, -0.1) is 0 Å². The molecule has 0 bridgehead atoms. The number of hydrogen-bond donors (Lipinski definition) is 1. The Balaban J connectivity index is 2.84. The second-order valence-electron chi connectivity index (χ2n) is 3.38. The number of rotatable bonds is 2. The Kier molecular flexibility index (Phi) is 2.49. The number of fused-ring (bicyclic) bond motifs is 1. The first-order valence-electron chi connectivity index (χ1n) is 4.59. The molecule has 0 aliphatic carbocycles. The average Bonchev–Trinajstić information content (AvgIpc) is 2.28. The van der Waals surface area contributed by atoms with E-state index in [0.717, 1.165) is 6.07 Å². The number of nitrogens with zero attached hydrogens (tertiary/aromatic N) is 1. The third-order valence-corrected chi connectivity index (χ3v) is 2.31. The van der Waals surface area contributed by atoms with E-state index >= 15 is 0 Å². The molecule has 0 aliphatic heterocycles. The van der Waals surface area contributed by atoms with Gasteiger partial charge in [0.2, 0.25) is 0 Å². The maximum absolute atomic E-state index is 13.4. The van der Waals surface area contributed by atoms with Crippen molar-refractivity contribution in [2.75, 3.05) is 0 Å². The fourth-order valence-electron chi connectivity index (χ4n) is 1.53. The minimum absolute atomic E-state index is 0.254. The summed E-state index contributed by atoms with van der Waals surface area (Å²) < 4.78 is 40.2. The highest BCUT2D eigenvalue weighted by Gasteiger charge is 2.45. The largest absolute Gasteiger partial charge is 0.477 e. The van der Waals surface area contributed by atoms with E-state index in [4.69, 9.17) is 5.11 Å². The molecule has 0 aliphatic rings. The lowest BCUT2D eigenvalue weighted by atomic mass is 10.0. The molecule has 6 heteroatoms. The third kappa shape index (κ3) is 1.71. The molecular formula is C11H6F3NO2. The SMILES string of the molecule is O=C(O)C(F)(F)c1c(F)ccc2cccnc12. The number of alkyl halides is 2. The Hall–Kier alpha value is -2.11. The molecule has 0 saturated heterocycles. The van der Waals surface area contributed by atoms with Gasteiger partial charge in [-0.3, -0.25) is 4.98 Å². The second-order valence-corrected chi connectivity index (χ2v) is 3.38. The molecule has 0 atom stereocenters. The molecule has 0 amide bonds. The van der Waals surface area contributed by atoms with Crippen LogP contribution >= 0.6 is 0 Å². The molecule has 3 nitrogen and oxygen atoms in total. The lowest BCUT2D eigenvalue weighted by Gasteiger charge is -2.14. The standard InChI is InChI=1S/C11H6F3NO2/c12-7-4-3-6-2-1-5-15-9(6)8(7)11(13,14)10(16)17/h1-5H,(H,16,17). The Bertz CT molecular complexity index is 598. The monoisotopic (exact) mass is 241 g/mol. The lowest BCUT2D eigenvalue weighted by molar-refractivity contribution is -0.166. The van der Waals surface area contributed by atoms with Crippen LogP contribution < -0.4 is 0 Å². The van der Waals surface area contributed by atoms with Crippen molar-refractivity contribution in [2.24, 2.45) is 0 Å². The van der Waals surface area contributed by atoms with Crippen molar-refractivity contribution in [3.05, 3.63) is 41.8 Å². The van der Waals surface area contributed by atoms with Crippen LogP contribution in [-0.4, -0.2) is 16.1 Å². The normalized spacial score (nSPS) is 11.7.